The Morgan fingerprint density at radius 2 is 1.17 bits per heavy atom. The van der Waals surface area contributed by atoms with Gasteiger partial charge in [-0.15, -0.1) is 0 Å². The lowest BCUT2D eigenvalue weighted by Gasteiger charge is -2.38. The monoisotopic (exact) mass is 1080 g/mol. The molecule has 12 N–H and O–H groups in total. The zero-order valence-electron chi connectivity index (χ0n) is 36.5. The highest BCUT2D eigenvalue weighted by Crippen LogP contribution is 2.55. The molecule has 33 nitrogen and oxygen atoms in total. The molecule has 0 aromatic carbocycles. The fourth-order valence-corrected chi connectivity index (χ4v) is 11.4. The second kappa shape index (κ2) is 19.1. The minimum absolute atomic E-state index is 0.00410. The van der Waals surface area contributed by atoms with Gasteiger partial charge in [0.2, 0.25) is 0 Å². The predicted molar refractivity (Wildman–Crippen MR) is 238 cm³/mol. The van der Waals surface area contributed by atoms with Crippen LogP contribution in [0, 0.1) is 0 Å². The van der Waals surface area contributed by atoms with E-state index in [4.69, 9.17) is 63.5 Å². The summed E-state index contributed by atoms with van der Waals surface area (Å²) >= 11 is 4.59. The number of rotatable bonds is 17. The van der Waals surface area contributed by atoms with Crippen molar-refractivity contribution in [3.8, 4) is 0 Å². The largest absolute Gasteiger partial charge is 0.472 e. The van der Waals surface area contributed by atoms with Gasteiger partial charge < -0.3 is 75.2 Å². The molecule has 0 amide bonds. The molecule has 0 bridgehead atoms. The molecule has 5 unspecified atom stereocenters. The molecule has 0 radical (unpaired) electrons. The minimum atomic E-state index is -5.31. The number of phosphoric ester groups is 2. The van der Waals surface area contributed by atoms with E-state index in [9.17, 15) is 38.9 Å². The summed E-state index contributed by atoms with van der Waals surface area (Å²) in [6, 6.07) is 0. The molecule has 37 heteroatoms. The van der Waals surface area contributed by atoms with E-state index in [2.05, 4.69) is 56.7 Å². The number of ether oxygens (including phenoxy) is 5. The number of anilines is 3. The second-order valence-electron chi connectivity index (χ2n) is 16.5. The van der Waals surface area contributed by atoms with Gasteiger partial charge in [0.1, 0.15) is 90.0 Å². The van der Waals surface area contributed by atoms with Gasteiger partial charge in [0.15, 0.2) is 53.1 Å². The van der Waals surface area contributed by atoms with E-state index in [0.717, 1.165) is 12.7 Å². The Kier molecular flexibility index (Phi) is 13.5. The fraction of sp³-hybridized carbons (Fsp3) is 0.559. The molecule has 10 rings (SSSR count). The van der Waals surface area contributed by atoms with Crippen molar-refractivity contribution < 1.29 is 85.2 Å². The van der Waals surface area contributed by atoms with E-state index < -0.39 is 115 Å². The van der Waals surface area contributed by atoms with Gasteiger partial charge in [0.25, 0.3) is 0 Å². The van der Waals surface area contributed by atoms with Crippen molar-refractivity contribution in [3.63, 3.8) is 0 Å². The summed E-state index contributed by atoms with van der Waals surface area (Å²) in [5, 5.41) is 23.3. The maximum atomic E-state index is 14.1. The number of methoxy groups -OCH3 is 1. The van der Waals surface area contributed by atoms with E-state index in [1.165, 1.54) is 46.1 Å². The maximum absolute atomic E-state index is 14.1. The average molecular weight is 1080 g/mol. The van der Waals surface area contributed by atoms with Gasteiger partial charge in [0, 0.05) is 13.7 Å². The van der Waals surface area contributed by atoms with Gasteiger partial charge in [0.05, 0.1) is 38.8 Å². The number of nitrogens with zero attached hydrogens (tertiary/aromatic N) is 12. The van der Waals surface area contributed by atoms with Crippen molar-refractivity contribution in [1.82, 2.24) is 58.6 Å². The molecule has 10 heterocycles. The zero-order valence-corrected chi connectivity index (χ0v) is 40.0. The van der Waals surface area contributed by atoms with Crippen LogP contribution in [0.4, 0.5) is 17.5 Å². The third-order valence-corrected chi connectivity index (χ3v) is 14.9. The summed E-state index contributed by atoms with van der Waals surface area (Å²) in [5.41, 5.74) is 17.3. The lowest BCUT2D eigenvalue weighted by atomic mass is 9.89. The number of nitrogen functional groups attached to an aromatic ring is 3. The van der Waals surface area contributed by atoms with Crippen molar-refractivity contribution >= 4 is 85.1 Å². The van der Waals surface area contributed by atoms with Crippen molar-refractivity contribution in [3.05, 3.63) is 38.0 Å². The number of hydrogen-bond acceptors (Lipinski definition) is 27. The number of aromatic nitrogens is 12. The first-order valence-corrected chi connectivity index (χ1v) is 26.7. The topological polar surface area (TPSA) is 457 Å². The molecule has 71 heavy (non-hydrogen) atoms. The third-order valence-electron chi connectivity index (χ3n) is 12.2. The Labute approximate surface area is 402 Å². The van der Waals surface area contributed by atoms with Gasteiger partial charge in [-0.1, -0.05) is 0 Å². The second-order valence-corrected chi connectivity index (χ2v) is 21.9. The Bertz CT molecular complexity index is 3100. The first kappa shape index (κ1) is 50.1. The normalized spacial score (nSPS) is 31.9. The van der Waals surface area contributed by atoms with E-state index >= 15 is 0 Å². The van der Waals surface area contributed by atoms with E-state index in [1.807, 2.05) is 0 Å². The summed E-state index contributed by atoms with van der Waals surface area (Å²) in [7, 11) is -9.41. The highest BCUT2D eigenvalue weighted by Gasteiger charge is 2.59. The summed E-state index contributed by atoms with van der Waals surface area (Å²) in [5.74, 6) is 0.0330. The van der Waals surface area contributed by atoms with Crippen molar-refractivity contribution in [2.75, 3.05) is 50.7 Å². The van der Waals surface area contributed by atoms with Crippen LogP contribution < -0.4 is 17.2 Å². The zero-order chi connectivity index (χ0) is 50.2. The van der Waals surface area contributed by atoms with Gasteiger partial charge in [-0.25, -0.2) is 54.0 Å². The van der Waals surface area contributed by atoms with Crippen LogP contribution in [0.2, 0.25) is 0 Å². The number of hydrogen-bond donors (Lipinski definition) is 9. The molecule has 6 aromatic rings. The predicted octanol–water partition coefficient (Wildman–Crippen LogP) is -1.54. The molecular weight excluding hydrogens is 1030 g/mol. The summed E-state index contributed by atoms with van der Waals surface area (Å²) in [4.78, 5) is 79.3. The van der Waals surface area contributed by atoms with Crippen LogP contribution in [0.25, 0.3) is 33.5 Å². The first-order valence-electron chi connectivity index (χ1n) is 21.1. The number of imidazole rings is 3. The highest BCUT2D eigenvalue weighted by atomic mass is 32.5. The summed E-state index contributed by atoms with van der Waals surface area (Å²) in [6.07, 6.45) is -8.31. The fourth-order valence-electron chi connectivity index (χ4n) is 9.00. The molecule has 4 aliphatic rings. The standard InChI is InChI=1S/C34H44N15O18P3S/c1-58-21-15(6-61-70(56,57)71)64-33(49-13-46-18-27(37)40-10-43-30(18)49)23(21)67-68(52,53)60-5-14-19(50)22(32(63-14)48-12-45-17-26(36)39-9-42-29(17)48)66-69(54,55)62-7-34-3-2-4-59-24(34)20(51)31(65-34)47-11-44-16-25(35)38-8-41-28(16)47/h8-15,19-24,31-33,50-51H,2-7H2,1H3,(H,52,53)(H,54,55)(H2,35,38,41)(H2,36,39,42)(H2,37,40,43)(H2,56,57,71)/t14-,15-,19?,20+,21?,22+,23+,24?,31-,32-,33-,34-/m1/s1. The van der Waals surface area contributed by atoms with Crippen LogP contribution in [-0.4, -0.2) is 176 Å². The Morgan fingerprint density at radius 1 is 0.676 bits per heavy atom. The third kappa shape index (κ3) is 9.53. The molecule has 4 saturated heterocycles. The average Bonchev–Trinajstić information content (AvgIpc) is 4.19. The molecular formula is C34H44N15O18P3S. The molecule has 0 saturated carbocycles. The SMILES string of the molecule is COC1[C@@H](COP(O)(O)=S)O[C@@H](n2cnc3c(N)ncnc32)[C@H]1OP(=O)(O)OC[C@H]1O[C@@H](n2cnc3c(N)ncnc32)[C@@H](OP(=O)(O)OC[C@]23CCCOC2[C@H](O)[C@H](n2cnc4c(N)ncnc42)O3)C1O. The summed E-state index contributed by atoms with van der Waals surface area (Å²) in [6.45, 7) is -6.22. The summed E-state index contributed by atoms with van der Waals surface area (Å²) < 4.78 is 89.4. The molecule has 0 spiro atoms. The molecule has 4 fully saturated rings. The van der Waals surface area contributed by atoms with Crippen LogP contribution in [0.3, 0.4) is 0 Å². The number of fused-ring (bicyclic) bond motifs is 4. The molecule has 14 atom stereocenters. The highest BCUT2D eigenvalue weighted by molar-refractivity contribution is 8.06. The van der Waals surface area contributed by atoms with E-state index in [0.29, 0.717) is 6.42 Å². The van der Waals surface area contributed by atoms with Gasteiger partial charge in [-0.2, -0.15) is 0 Å². The Balaban J connectivity index is 0.884. The van der Waals surface area contributed by atoms with Crippen molar-refractivity contribution in [2.45, 2.75) is 86.0 Å². The van der Waals surface area contributed by atoms with Crippen LogP contribution in [-0.2, 0) is 67.2 Å². The number of nitrogens with two attached hydrogens (primary N) is 3. The molecule has 4 aliphatic heterocycles. The molecule has 384 valence electrons. The smallest absolute Gasteiger partial charge is 0.387 e. The Hall–Kier alpha value is -4.48. The lowest BCUT2D eigenvalue weighted by Crippen LogP contribution is -2.51. The van der Waals surface area contributed by atoms with E-state index in [-0.39, 0.29) is 64.0 Å². The first-order chi connectivity index (χ1) is 33.8. The number of aliphatic hydroxyl groups is 2. The number of phosphoric acid groups is 2. The molecule has 0 aliphatic carbocycles. The lowest BCUT2D eigenvalue weighted by molar-refractivity contribution is -0.165. The Morgan fingerprint density at radius 3 is 1.72 bits per heavy atom. The quantitative estimate of drug-likeness (QED) is 0.0467. The van der Waals surface area contributed by atoms with Crippen LogP contribution in [0.5, 0.6) is 0 Å². The van der Waals surface area contributed by atoms with Crippen LogP contribution >= 0.6 is 22.4 Å². The van der Waals surface area contributed by atoms with Gasteiger partial charge in [-0.3, -0.25) is 31.8 Å². The van der Waals surface area contributed by atoms with Crippen molar-refractivity contribution in [2.24, 2.45) is 0 Å². The van der Waals surface area contributed by atoms with Gasteiger partial charge in [-0.05, 0) is 24.6 Å². The van der Waals surface area contributed by atoms with Crippen LogP contribution in [0.1, 0.15) is 31.5 Å². The van der Waals surface area contributed by atoms with E-state index in [1.54, 1.807) is 0 Å². The van der Waals surface area contributed by atoms with Crippen molar-refractivity contribution in [1.29, 1.82) is 0 Å². The van der Waals surface area contributed by atoms with Gasteiger partial charge >= 0.3 is 22.4 Å². The minimum Gasteiger partial charge on any atom is -0.387 e. The maximum Gasteiger partial charge on any atom is 0.472 e. The van der Waals surface area contributed by atoms with Crippen LogP contribution in [0.15, 0.2) is 38.0 Å². The number of aliphatic hydroxyl groups excluding tert-OH is 2. The molecule has 6 aromatic heterocycles.